The molecule has 1 heterocycles. The van der Waals surface area contributed by atoms with Gasteiger partial charge in [-0.2, -0.15) is 0 Å². The van der Waals surface area contributed by atoms with Gasteiger partial charge in [-0.3, -0.25) is 0 Å². The first-order chi connectivity index (χ1) is 7.68. The van der Waals surface area contributed by atoms with Crippen LogP contribution in [-0.4, -0.2) is 0 Å². The van der Waals surface area contributed by atoms with Gasteiger partial charge < -0.3 is 9.73 Å². The summed E-state index contributed by atoms with van der Waals surface area (Å²) in [6.07, 6.45) is 1.60. The van der Waals surface area contributed by atoms with Crippen molar-refractivity contribution < 1.29 is 8.81 Å². The molecule has 1 N–H and O–H groups in total. The lowest BCUT2D eigenvalue weighted by atomic mass is 10.2. The van der Waals surface area contributed by atoms with Crippen LogP contribution in [0.25, 0.3) is 0 Å². The van der Waals surface area contributed by atoms with Gasteiger partial charge in [-0.25, -0.2) is 4.39 Å². The monoisotopic (exact) mass is 283 g/mol. The van der Waals surface area contributed by atoms with E-state index in [-0.39, 0.29) is 11.9 Å². The third kappa shape index (κ3) is 2.27. The van der Waals surface area contributed by atoms with Crippen LogP contribution in [0.2, 0.25) is 0 Å². The zero-order valence-corrected chi connectivity index (χ0v) is 10.3. The SMILES string of the molecule is CC(Nc1c(F)cccc1Br)c1ccco1. The highest BCUT2D eigenvalue weighted by molar-refractivity contribution is 9.10. The van der Waals surface area contributed by atoms with Gasteiger partial charge in [-0.05, 0) is 47.1 Å². The Kier molecular flexibility index (Phi) is 3.29. The Labute approximate surface area is 102 Å². The van der Waals surface area contributed by atoms with Gasteiger partial charge in [-0.1, -0.05) is 6.07 Å². The number of benzene rings is 1. The lowest BCUT2D eigenvalue weighted by Gasteiger charge is -2.14. The predicted octanol–water partition coefficient (Wildman–Crippen LogP) is 4.35. The molecule has 0 saturated heterocycles. The standard InChI is InChI=1S/C12H11BrFNO/c1-8(11-6-3-7-16-11)15-12-9(13)4-2-5-10(12)14/h2-8,15H,1H3. The zero-order valence-electron chi connectivity index (χ0n) is 8.71. The van der Waals surface area contributed by atoms with Crippen molar-refractivity contribution in [3.05, 3.63) is 52.6 Å². The van der Waals surface area contributed by atoms with Crippen molar-refractivity contribution in [3.63, 3.8) is 0 Å². The molecule has 2 aromatic rings. The van der Waals surface area contributed by atoms with Crippen LogP contribution in [-0.2, 0) is 0 Å². The first kappa shape index (κ1) is 11.2. The smallest absolute Gasteiger partial charge is 0.147 e. The molecule has 4 heteroatoms. The Bertz CT molecular complexity index is 450. The van der Waals surface area contributed by atoms with Crippen molar-refractivity contribution in [2.24, 2.45) is 0 Å². The fourth-order valence-electron chi connectivity index (χ4n) is 1.46. The maximum atomic E-state index is 13.5. The third-order valence-electron chi connectivity index (χ3n) is 2.29. The number of furan rings is 1. The van der Waals surface area contributed by atoms with Crippen LogP contribution < -0.4 is 5.32 Å². The minimum Gasteiger partial charge on any atom is -0.467 e. The van der Waals surface area contributed by atoms with E-state index in [2.05, 4.69) is 21.2 Å². The highest BCUT2D eigenvalue weighted by Crippen LogP contribution is 2.29. The van der Waals surface area contributed by atoms with Gasteiger partial charge in [0.25, 0.3) is 0 Å². The van der Waals surface area contributed by atoms with Crippen LogP contribution in [0.1, 0.15) is 18.7 Å². The second kappa shape index (κ2) is 4.70. The molecule has 0 spiro atoms. The number of halogens is 2. The molecule has 1 unspecified atom stereocenters. The normalized spacial score (nSPS) is 12.4. The molecular weight excluding hydrogens is 273 g/mol. The highest BCUT2D eigenvalue weighted by Gasteiger charge is 2.12. The van der Waals surface area contributed by atoms with Crippen LogP contribution >= 0.6 is 15.9 Å². The van der Waals surface area contributed by atoms with Gasteiger partial charge in [0.2, 0.25) is 0 Å². The topological polar surface area (TPSA) is 25.2 Å². The quantitative estimate of drug-likeness (QED) is 0.906. The Morgan fingerprint density at radius 2 is 2.12 bits per heavy atom. The Balaban J connectivity index is 2.21. The summed E-state index contributed by atoms with van der Waals surface area (Å²) in [6.45, 7) is 1.91. The van der Waals surface area contributed by atoms with Crippen molar-refractivity contribution in [1.82, 2.24) is 0 Å². The minimum atomic E-state index is -0.284. The van der Waals surface area contributed by atoms with Gasteiger partial charge in [0.1, 0.15) is 11.6 Å². The van der Waals surface area contributed by atoms with E-state index in [1.165, 1.54) is 6.07 Å². The van der Waals surface area contributed by atoms with Crippen molar-refractivity contribution in [2.75, 3.05) is 5.32 Å². The average molecular weight is 284 g/mol. The van der Waals surface area contributed by atoms with Crippen molar-refractivity contribution in [3.8, 4) is 0 Å². The van der Waals surface area contributed by atoms with E-state index in [0.29, 0.717) is 10.2 Å². The molecule has 0 aliphatic heterocycles. The Morgan fingerprint density at radius 1 is 1.31 bits per heavy atom. The van der Waals surface area contributed by atoms with Crippen molar-refractivity contribution >= 4 is 21.6 Å². The first-order valence-corrected chi connectivity index (χ1v) is 5.71. The molecule has 0 aliphatic carbocycles. The van der Waals surface area contributed by atoms with Crippen LogP contribution in [0.4, 0.5) is 10.1 Å². The predicted molar refractivity (Wildman–Crippen MR) is 64.8 cm³/mol. The maximum absolute atomic E-state index is 13.5. The Hall–Kier alpha value is -1.29. The van der Waals surface area contributed by atoms with Crippen molar-refractivity contribution in [1.29, 1.82) is 0 Å². The minimum absolute atomic E-state index is 0.0804. The molecule has 0 bridgehead atoms. The summed E-state index contributed by atoms with van der Waals surface area (Å²) in [4.78, 5) is 0. The zero-order chi connectivity index (χ0) is 11.5. The van der Waals surface area contributed by atoms with Crippen LogP contribution in [0.3, 0.4) is 0 Å². The maximum Gasteiger partial charge on any atom is 0.147 e. The fraction of sp³-hybridized carbons (Fsp3) is 0.167. The largest absolute Gasteiger partial charge is 0.467 e. The molecule has 2 nitrogen and oxygen atoms in total. The Morgan fingerprint density at radius 3 is 2.75 bits per heavy atom. The summed E-state index contributed by atoms with van der Waals surface area (Å²) >= 11 is 3.31. The van der Waals surface area contributed by atoms with E-state index in [9.17, 15) is 4.39 Å². The van der Waals surface area contributed by atoms with Gasteiger partial charge >= 0.3 is 0 Å². The van der Waals surface area contributed by atoms with Gasteiger partial charge in [0.15, 0.2) is 0 Å². The number of hydrogen-bond acceptors (Lipinski definition) is 2. The molecule has 16 heavy (non-hydrogen) atoms. The van der Waals surface area contributed by atoms with Crippen LogP contribution in [0, 0.1) is 5.82 Å². The summed E-state index contributed by atoms with van der Waals surface area (Å²) in [5.41, 5.74) is 0.450. The molecule has 0 fully saturated rings. The molecule has 84 valence electrons. The lowest BCUT2D eigenvalue weighted by molar-refractivity contribution is 0.489. The van der Waals surface area contributed by atoms with Crippen molar-refractivity contribution in [2.45, 2.75) is 13.0 Å². The van der Waals surface area contributed by atoms with Gasteiger partial charge in [0.05, 0.1) is 18.0 Å². The number of nitrogens with one attached hydrogen (secondary N) is 1. The molecule has 1 aromatic carbocycles. The number of hydrogen-bond donors (Lipinski definition) is 1. The first-order valence-electron chi connectivity index (χ1n) is 4.92. The molecule has 2 rings (SSSR count). The van der Waals surface area contributed by atoms with E-state index < -0.39 is 0 Å². The molecule has 0 aliphatic rings. The van der Waals surface area contributed by atoms with E-state index in [1.807, 2.05) is 19.1 Å². The van der Waals surface area contributed by atoms with Crippen LogP contribution in [0.15, 0.2) is 45.5 Å². The third-order valence-corrected chi connectivity index (χ3v) is 2.95. The fourth-order valence-corrected chi connectivity index (χ4v) is 1.92. The molecule has 0 amide bonds. The summed E-state index contributed by atoms with van der Waals surface area (Å²) in [5, 5.41) is 3.07. The highest BCUT2D eigenvalue weighted by atomic mass is 79.9. The van der Waals surface area contributed by atoms with E-state index in [4.69, 9.17) is 4.42 Å². The molecule has 0 radical (unpaired) electrons. The van der Waals surface area contributed by atoms with Crippen LogP contribution in [0.5, 0.6) is 0 Å². The summed E-state index contributed by atoms with van der Waals surface area (Å²) < 4.78 is 19.5. The number of anilines is 1. The second-order valence-corrected chi connectivity index (χ2v) is 4.33. The molecule has 1 aromatic heterocycles. The second-order valence-electron chi connectivity index (χ2n) is 3.48. The number of para-hydroxylation sites is 1. The van der Waals surface area contributed by atoms with E-state index >= 15 is 0 Å². The average Bonchev–Trinajstić information content (AvgIpc) is 2.76. The van der Waals surface area contributed by atoms with Gasteiger partial charge in [-0.15, -0.1) is 0 Å². The summed E-state index contributed by atoms with van der Waals surface area (Å²) in [5.74, 6) is 0.489. The number of rotatable bonds is 3. The summed E-state index contributed by atoms with van der Waals surface area (Å²) in [6, 6.07) is 8.45. The summed E-state index contributed by atoms with van der Waals surface area (Å²) in [7, 11) is 0. The van der Waals surface area contributed by atoms with Gasteiger partial charge in [0, 0.05) is 4.47 Å². The molecular formula is C12H11BrFNO. The molecule has 1 atom stereocenters. The van der Waals surface area contributed by atoms with E-state index in [0.717, 1.165) is 5.76 Å². The molecule has 0 saturated carbocycles. The lowest BCUT2D eigenvalue weighted by Crippen LogP contribution is -2.07. The van der Waals surface area contributed by atoms with E-state index in [1.54, 1.807) is 18.4 Å².